The van der Waals surface area contributed by atoms with Crippen molar-refractivity contribution in [2.24, 2.45) is 0 Å². The summed E-state index contributed by atoms with van der Waals surface area (Å²) < 4.78 is 28.9. The molecular weight excluding hydrogens is 462 g/mol. The van der Waals surface area contributed by atoms with Crippen LogP contribution < -0.4 is 0 Å². The van der Waals surface area contributed by atoms with Gasteiger partial charge in [0.1, 0.15) is 16.6 Å². The van der Waals surface area contributed by atoms with Crippen molar-refractivity contribution in [3.8, 4) is 0 Å². The van der Waals surface area contributed by atoms with E-state index >= 15 is 0 Å². The van der Waals surface area contributed by atoms with Crippen molar-refractivity contribution in [2.45, 2.75) is 17.2 Å². The Morgan fingerprint density at radius 2 is 2.00 bits per heavy atom. The first-order chi connectivity index (χ1) is 12.8. The minimum absolute atomic E-state index is 0.124. The van der Waals surface area contributed by atoms with E-state index < -0.39 is 14.9 Å². The van der Waals surface area contributed by atoms with Crippen molar-refractivity contribution in [3.63, 3.8) is 0 Å². The number of amides is 1. The van der Waals surface area contributed by atoms with Gasteiger partial charge in [-0.1, -0.05) is 0 Å². The molecular formula is C14H16BrN5O5S2. The van der Waals surface area contributed by atoms with Gasteiger partial charge >= 0.3 is 5.69 Å². The summed E-state index contributed by atoms with van der Waals surface area (Å²) in [6.45, 7) is 1.32. The maximum Gasteiger partial charge on any atom is 0.306 e. The Hall–Kier alpha value is -1.83. The molecule has 1 aliphatic heterocycles. The second kappa shape index (κ2) is 8.04. The van der Waals surface area contributed by atoms with Gasteiger partial charge in [0.2, 0.25) is 5.91 Å². The molecule has 0 saturated carbocycles. The second-order valence-electron chi connectivity index (χ2n) is 5.81. The number of hydrogen-bond acceptors (Lipinski definition) is 7. The Kier molecular flexibility index (Phi) is 5.93. The molecule has 0 aromatic carbocycles. The molecule has 3 rings (SSSR count). The molecule has 2 aromatic heterocycles. The Bertz CT molecular complexity index is 949. The van der Waals surface area contributed by atoms with Crippen molar-refractivity contribution >= 4 is 48.9 Å². The molecule has 1 aliphatic rings. The Balaban J connectivity index is 1.52. The van der Waals surface area contributed by atoms with Crippen LogP contribution in [0, 0.1) is 10.1 Å². The quantitative estimate of drug-likeness (QED) is 0.459. The molecule has 1 saturated heterocycles. The lowest BCUT2D eigenvalue weighted by Crippen LogP contribution is -2.50. The average molecular weight is 478 g/mol. The predicted molar refractivity (Wildman–Crippen MR) is 101 cm³/mol. The highest BCUT2D eigenvalue weighted by molar-refractivity contribution is 9.11. The molecule has 10 nitrogen and oxygen atoms in total. The summed E-state index contributed by atoms with van der Waals surface area (Å²) in [4.78, 5) is 24.0. The van der Waals surface area contributed by atoms with Gasteiger partial charge in [0, 0.05) is 39.1 Å². The molecule has 13 heteroatoms. The lowest BCUT2D eigenvalue weighted by molar-refractivity contribution is -0.385. The number of aromatic nitrogens is 2. The second-order valence-corrected chi connectivity index (χ2v) is 10.4. The van der Waals surface area contributed by atoms with E-state index in [9.17, 15) is 23.3 Å². The van der Waals surface area contributed by atoms with Gasteiger partial charge in [-0.05, 0) is 28.1 Å². The molecule has 146 valence electrons. The smallest absolute Gasteiger partial charge is 0.306 e. The topological polar surface area (TPSA) is 119 Å². The number of sulfonamides is 1. The normalized spacial score (nSPS) is 15.8. The van der Waals surface area contributed by atoms with Gasteiger partial charge in [0.25, 0.3) is 10.0 Å². The van der Waals surface area contributed by atoms with Gasteiger partial charge in [-0.15, -0.1) is 11.3 Å². The zero-order chi connectivity index (χ0) is 19.6. The van der Waals surface area contributed by atoms with E-state index in [0.717, 1.165) is 21.3 Å². The average Bonchev–Trinajstić information content (AvgIpc) is 3.29. The lowest BCUT2D eigenvalue weighted by atomic mass is 10.3. The number of rotatable bonds is 6. The fourth-order valence-corrected chi connectivity index (χ4v) is 6.27. The first-order valence-electron chi connectivity index (χ1n) is 7.97. The monoisotopic (exact) mass is 477 g/mol. The fourth-order valence-electron chi connectivity index (χ4n) is 2.68. The van der Waals surface area contributed by atoms with E-state index in [-0.39, 0.29) is 41.9 Å². The van der Waals surface area contributed by atoms with Gasteiger partial charge in [-0.3, -0.25) is 19.6 Å². The number of carbonyl (C=O) groups is 1. The minimum Gasteiger partial charge on any atom is -0.340 e. The number of nitrogens with zero attached hydrogens (tertiary/aromatic N) is 5. The predicted octanol–water partition coefficient (Wildman–Crippen LogP) is 1.54. The Morgan fingerprint density at radius 3 is 2.56 bits per heavy atom. The Morgan fingerprint density at radius 1 is 1.30 bits per heavy atom. The largest absolute Gasteiger partial charge is 0.340 e. The molecule has 0 spiro atoms. The molecule has 0 N–H and O–H groups in total. The number of thiophene rings is 1. The number of carbonyl (C=O) groups excluding carboxylic acids is 1. The first-order valence-corrected chi connectivity index (χ1v) is 11.0. The standard InChI is InChI=1S/C14H16BrN5O5S2/c15-12-1-2-14(26-12)27(24,25)19-7-5-17(6-8-19)13(21)3-4-18-10-11(9-16-18)20(22)23/h1-2,9-10H,3-8H2. The molecule has 1 amide bonds. The fraction of sp³-hybridized carbons (Fsp3) is 0.429. The Labute approximate surface area is 167 Å². The van der Waals surface area contributed by atoms with E-state index in [1.165, 1.54) is 15.2 Å². The van der Waals surface area contributed by atoms with Crippen LogP contribution in [-0.2, 0) is 21.4 Å². The summed E-state index contributed by atoms with van der Waals surface area (Å²) in [6, 6.07) is 3.25. The zero-order valence-electron chi connectivity index (χ0n) is 14.0. The van der Waals surface area contributed by atoms with Gasteiger partial charge in [0.15, 0.2) is 0 Å². The van der Waals surface area contributed by atoms with Crippen LogP contribution in [0.5, 0.6) is 0 Å². The van der Waals surface area contributed by atoms with E-state index in [4.69, 9.17) is 0 Å². The van der Waals surface area contributed by atoms with Crippen LogP contribution in [0.25, 0.3) is 0 Å². The summed E-state index contributed by atoms with van der Waals surface area (Å²) in [5, 5.41) is 14.5. The molecule has 0 radical (unpaired) electrons. The summed E-state index contributed by atoms with van der Waals surface area (Å²) in [5.74, 6) is -0.135. The van der Waals surface area contributed by atoms with E-state index in [2.05, 4.69) is 21.0 Å². The van der Waals surface area contributed by atoms with Crippen LogP contribution in [0.1, 0.15) is 6.42 Å². The maximum atomic E-state index is 12.6. The van der Waals surface area contributed by atoms with Crippen molar-refractivity contribution in [3.05, 3.63) is 38.4 Å². The van der Waals surface area contributed by atoms with Crippen LogP contribution >= 0.6 is 27.3 Å². The third-order valence-corrected chi connectivity index (χ3v) is 8.11. The lowest BCUT2D eigenvalue weighted by Gasteiger charge is -2.33. The number of nitro groups is 1. The van der Waals surface area contributed by atoms with E-state index in [1.807, 2.05) is 0 Å². The number of piperazine rings is 1. The van der Waals surface area contributed by atoms with E-state index in [1.54, 1.807) is 17.0 Å². The van der Waals surface area contributed by atoms with Crippen molar-refractivity contribution in [1.29, 1.82) is 0 Å². The summed E-state index contributed by atoms with van der Waals surface area (Å²) >= 11 is 4.42. The molecule has 0 bridgehead atoms. The molecule has 0 atom stereocenters. The number of hydrogen-bond donors (Lipinski definition) is 0. The SMILES string of the molecule is O=C(CCn1cc([N+](=O)[O-])cn1)N1CCN(S(=O)(=O)c2ccc(Br)s2)CC1. The molecule has 27 heavy (non-hydrogen) atoms. The van der Waals surface area contributed by atoms with Crippen LogP contribution in [0.15, 0.2) is 32.5 Å². The van der Waals surface area contributed by atoms with Gasteiger partial charge in [-0.2, -0.15) is 9.40 Å². The highest BCUT2D eigenvalue weighted by Crippen LogP contribution is 2.29. The summed E-state index contributed by atoms with van der Waals surface area (Å²) in [6.07, 6.45) is 2.55. The van der Waals surface area contributed by atoms with Crippen LogP contribution in [0.3, 0.4) is 0 Å². The molecule has 1 fully saturated rings. The molecule has 2 aromatic rings. The minimum atomic E-state index is -3.55. The summed E-state index contributed by atoms with van der Waals surface area (Å²) in [5.41, 5.74) is -0.124. The molecule has 0 aliphatic carbocycles. The highest BCUT2D eigenvalue weighted by atomic mass is 79.9. The zero-order valence-corrected chi connectivity index (χ0v) is 17.2. The summed E-state index contributed by atoms with van der Waals surface area (Å²) in [7, 11) is -3.55. The van der Waals surface area contributed by atoms with Crippen molar-refractivity contribution in [1.82, 2.24) is 19.0 Å². The third-order valence-electron chi connectivity index (χ3n) is 4.12. The van der Waals surface area contributed by atoms with Crippen LogP contribution in [0.4, 0.5) is 5.69 Å². The van der Waals surface area contributed by atoms with Crippen molar-refractivity contribution < 1.29 is 18.1 Å². The maximum absolute atomic E-state index is 12.6. The van der Waals surface area contributed by atoms with Crippen LogP contribution in [0.2, 0.25) is 0 Å². The molecule has 3 heterocycles. The molecule has 0 unspecified atom stereocenters. The van der Waals surface area contributed by atoms with E-state index in [0.29, 0.717) is 13.1 Å². The van der Waals surface area contributed by atoms with Crippen LogP contribution in [-0.4, -0.2) is 64.4 Å². The van der Waals surface area contributed by atoms with Gasteiger partial charge < -0.3 is 4.90 Å². The third kappa shape index (κ3) is 4.54. The highest BCUT2D eigenvalue weighted by Gasteiger charge is 2.31. The number of aryl methyl sites for hydroxylation is 1. The van der Waals surface area contributed by atoms with Crippen molar-refractivity contribution in [2.75, 3.05) is 26.2 Å². The van der Waals surface area contributed by atoms with Gasteiger partial charge in [0.05, 0.1) is 8.71 Å². The van der Waals surface area contributed by atoms with Gasteiger partial charge in [-0.25, -0.2) is 8.42 Å². The first kappa shape index (κ1) is 19.9. The number of halogens is 1.